The van der Waals surface area contributed by atoms with Crippen molar-refractivity contribution in [1.29, 1.82) is 0 Å². The SMILES string of the molecule is Cc1oc2c(C)c3oc(=O)c(CC(=O)NC(CC(C)C)C(=O)O)c(C)c3cc2c1C. The predicted octanol–water partition coefficient (Wildman–Crippen LogP) is 3.93. The number of fused-ring (bicyclic) bond motifs is 2. The van der Waals surface area contributed by atoms with Crippen LogP contribution in [0.3, 0.4) is 0 Å². The van der Waals surface area contributed by atoms with Gasteiger partial charge in [0.05, 0.1) is 12.0 Å². The molecule has 160 valence electrons. The van der Waals surface area contributed by atoms with Gasteiger partial charge in [0.2, 0.25) is 5.91 Å². The summed E-state index contributed by atoms with van der Waals surface area (Å²) in [4.78, 5) is 36.6. The van der Waals surface area contributed by atoms with Gasteiger partial charge >= 0.3 is 11.6 Å². The Kier molecular flexibility index (Phi) is 5.74. The van der Waals surface area contributed by atoms with Gasteiger partial charge in [-0.15, -0.1) is 0 Å². The number of carbonyl (C=O) groups excluding carboxylic acids is 1. The highest BCUT2D eigenvalue weighted by Gasteiger charge is 2.24. The van der Waals surface area contributed by atoms with Gasteiger partial charge in [-0.25, -0.2) is 9.59 Å². The van der Waals surface area contributed by atoms with E-state index in [1.165, 1.54) is 0 Å². The van der Waals surface area contributed by atoms with E-state index in [0.29, 0.717) is 23.2 Å². The fourth-order valence-corrected chi connectivity index (χ4v) is 3.80. The standard InChI is InChI=1S/C23H27NO6/c1-10(2)7-18(22(26)27)24-19(25)9-17-12(4)16-8-15-11(3)14(6)29-20(15)13(5)21(16)30-23(17)28/h8,10,18H,7,9H2,1-6H3,(H,24,25)(H,26,27). The van der Waals surface area contributed by atoms with E-state index < -0.39 is 23.5 Å². The number of furan rings is 1. The van der Waals surface area contributed by atoms with Crippen molar-refractivity contribution in [1.82, 2.24) is 5.32 Å². The number of aliphatic carboxylic acids is 1. The zero-order chi connectivity index (χ0) is 22.3. The van der Waals surface area contributed by atoms with Crippen molar-refractivity contribution < 1.29 is 23.5 Å². The molecule has 0 bridgehead atoms. The monoisotopic (exact) mass is 413 g/mol. The van der Waals surface area contributed by atoms with E-state index >= 15 is 0 Å². The van der Waals surface area contributed by atoms with Gasteiger partial charge in [0, 0.05) is 16.3 Å². The average Bonchev–Trinajstić information content (AvgIpc) is 2.94. The summed E-state index contributed by atoms with van der Waals surface area (Å²) in [5.74, 6) is -0.715. The lowest BCUT2D eigenvalue weighted by Crippen LogP contribution is -2.42. The number of benzene rings is 1. The average molecular weight is 413 g/mol. The minimum absolute atomic E-state index is 0.103. The van der Waals surface area contributed by atoms with Crippen molar-refractivity contribution in [3.05, 3.63) is 44.5 Å². The van der Waals surface area contributed by atoms with E-state index in [9.17, 15) is 19.5 Å². The lowest BCUT2D eigenvalue weighted by molar-refractivity contribution is -0.142. The molecule has 3 rings (SSSR count). The van der Waals surface area contributed by atoms with Gasteiger partial charge in [0.15, 0.2) is 0 Å². The zero-order valence-electron chi connectivity index (χ0n) is 18.1. The quantitative estimate of drug-likeness (QED) is 0.593. The third kappa shape index (κ3) is 3.84. The van der Waals surface area contributed by atoms with Gasteiger partial charge in [-0.05, 0) is 57.2 Å². The summed E-state index contributed by atoms with van der Waals surface area (Å²) >= 11 is 0. The molecule has 1 atom stereocenters. The number of nitrogens with one attached hydrogen (secondary N) is 1. The summed E-state index contributed by atoms with van der Waals surface area (Å²) in [6, 6.07) is 0.922. The lowest BCUT2D eigenvalue weighted by Gasteiger charge is -2.17. The lowest BCUT2D eigenvalue weighted by atomic mass is 9.98. The van der Waals surface area contributed by atoms with Crippen LogP contribution in [0.2, 0.25) is 0 Å². The molecule has 2 aromatic heterocycles. The number of aryl methyl sites for hydroxylation is 4. The molecule has 1 unspecified atom stereocenters. The van der Waals surface area contributed by atoms with Crippen LogP contribution >= 0.6 is 0 Å². The van der Waals surface area contributed by atoms with Crippen LogP contribution in [-0.4, -0.2) is 23.0 Å². The first-order chi connectivity index (χ1) is 14.0. The zero-order valence-corrected chi connectivity index (χ0v) is 18.1. The van der Waals surface area contributed by atoms with Crippen molar-refractivity contribution in [3.8, 4) is 0 Å². The summed E-state index contributed by atoms with van der Waals surface area (Å²) in [6.45, 7) is 11.2. The fourth-order valence-electron chi connectivity index (χ4n) is 3.80. The second-order valence-electron chi connectivity index (χ2n) is 8.30. The Morgan fingerprint density at radius 1 is 1.00 bits per heavy atom. The first-order valence-corrected chi connectivity index (χ1v) is 9.99. The first-order valence-electron chi connectivity index (χ1n) is 9.99. The maximum absolute atomic E-state index is 12.7. The second-order valence-corrected chi connectivity index (χ2v) is 8.30. The molecular formula is C23H27NO6. The van der Waals surface area contributed by atoms with Crippen LogP contribution in [0.4, 0.5) is 0 Å². The molecule has 0 spiro atoms. The van der Waals surface area contributed by atoms with E-state index in [0.717, 1.165) is 27.7 Å². The van der Waals surface area contributed by atoms with Gasteiger partial charge < -0.3 is 19.3 Å². The van der Waals surface area contributed by atoms with Crippen LogP contribution in [0.5, 0.6) is 0 Å². The highest BCUT2D eigenvalue weighted by molar-refractivity contribution is 6.00. The Balaban J connectivity index is 2.03. The number of carboxylic acids is 1. The molecule has 0 aliphatic heterocycles. The van der Waals surface area contributed by atoms with Crippen molar-refractivity contribution in [2.45, 2.75) is 60.4 Å². The minimum atomic E-state index is -1.09. The molecule has 3 aromatic rings. The fraction of sp³-hybridized carbons (Fsp3) is 0.435. The van der Waals surface area contributed by atoms with Crippen LogP contribution in [-0.2, 0) is 16.0 Å². The topological polar surface area (TPSA) is 110 Å². The molecule has 0 fully saturated rings. The third-order valence-electron chi connectivity index (χ3n) is 5.62. The Hall–Kier alpha value is -3.09. The molecule has 0 saturated carbocycles. The third-order valence-corrected chi connectivity index (χ3v) is 5.62. The number of carbonyl (C=O) groups is 2. The van der Waals surface area contributed by atoms with Gasteiger partial charge in [0.25, 0.3) is 0 Å². The highest BCUT2D eigenvalue weighted by atomic mass is 16.4. The van der Waals surface area contributed by atoms with E-state index in [1.807, 2.05) is 40.7 Å². The Morgan fingerprint density at radius 2 is 1.60 bits per heavy atom. The highest BCUT2D eigenvalue weighted by Crippen LogP contribution is 2.34. The summed E-state index contributed by atoms with van der Waals surface area (Å²) < 4.78 is 11.4. The molecule has 30 heavy (non-hydrogen) atoms. The number of rotatable bonds is 6. The maximum Gasteiger partial charge on any atom is 0.340 e. The molecule has 2 N–H and O–H groups in total. The van der Waals surface area contributed by atoms with Crippen molar-refractivity contribution in [2.75, 3.05) is 0 Å². The molecular weight excluding hydrogens is 386 g/mol. The summed E-state index contributed by atoms with van der Waals surface area (Å²) in [5.41, 5.74) is 3.14. The normalized spacial score (nSPS) is 12.6. The smallest absolute Gasteiger partial charge is 0.340 e. The largest absolute Gasteiger partial charge is 0.480 e. The van der Waals surface area contributed by atoms with Crippen LogP contribution in [0.1, 0.15) is 48.3 Å². The van der Waals surface area contributed by atoms with Crippen molar-refractivity contribution in [2.24, 2.45) is 5.92 Å². The molecule has 0 aliphatic rings. The van der Waals surface area contributed by atoms with E-state index in [1.54, 1.807) is 6.92 Å². The van der Waals surface area contributed by atoms with Gasteiger partial charge in [-0.1, -0.05) is 13.8 Å². The number of hydrogen-bond acceptors (Lipinski definition) is 5. The maximum atomic E-state index is 12.7. The second kappa shape index (κ2) is 7.97. The van der Waals surface area contributed by atoms with Crippen molar-refractivity contribution in [3.63, 3.8) is 0 Å². The van der Waals surface area contributed by atoms with E-state index in [4.69, 9.17) is 8.83 Å². The Bertz CT molecular complexity index is 1210. The molecule has 0 radical (unpaired) electrons. The number of amides is 1. The Labute approximate surface area is 174 Å². The first kappa shape index (κ1) is 21.6. The summed E-state index contributed by atoms with van der Waals surface area (Å²) in [7, 11) is 0. The molecule has 7 nitrogen and oxygen atoms in total. The van der Waals surface area contributed by atoms with Crippen LogP contribution in [0.15, 0.2) is 19.7 Å². The Morgan fingerprint density at radius 3 is 2.20 bits per heavy atom. The minimum Gasteiger partial charge on any atom is -0.480 e. The predicted molar refractivity (Wildman–Crippen MR) is 114 cm³/mol. The van der Waals surface area contributed by atoms with Gasteiger partial charge in [-0.3, -0.25) is 4.79 Å². The van der Waals surface area contributed by atoms with Gasteiger partial charge in [-0.2, -0.15) is 0 Å². The summed E-state index contributed by atoms with van der Waals surface area (Å²) in [6.07, 6.45) is 0.0646. The molecule has 1 amide bonds. The van der Waals surface area contributed by atoms with Crippen LogP contribution in [0, 0.1) is 33.6 Å². The van der Waals surface area contributed by atoms with Crippen LogP contribution in [0.25, 0.3) is 21.9 Å². The number of hydrogen-bond donors (Lipinski definition) is 2. The van der Waals surface area contributed by atoms with E-state index in [2.05, 4.69) is 5.32 Å². The molecule has 1 aromatic carbocycles. The molecule has 0 aliphatic carbocycles. The van der Waals surface area contributed by atoms with Crippen molar-refractivity contribution >= 4 is 33.8 Å². The van der Waals surface area contributed by atoms with E-state index in [-0.39, 0.29) is 17.9 Å². The van der Waals surface area contributed by atoms with Crippen LogP contribution < -0.4 is 10.9 Å². The van der Waals surface area contributed by atoms with Gasteiger partial charge in [0.1, 0.15) is 23.0 Å². The number of carboxylic acid groups (broad SMARTS) is 1. The summed E-state index contributed by atoms with van der Waals surface area (Å²) in [5, 5.41) is 13.5. The molecule has 2 heterocycles. The molecule has 0 saturated heterocycles. The molecule has 7 heteroatoms.